The molecule has 2 heterocycles. The van der Waals surface area contributed by atoms with E-state index >= 15 is 0 Å². The van der Waals surface area contributed by atoms with E-state index in [1.165, 1.54) is 0 Å². The molecule has 0 radical (unpaired) electrons. The predicted octanol–water partition coefficient (Wildman–Crippen LogP) is 2.02. The van der Waals surface area contributed by atoms with Crippen LogP contribution in [0.2, 0.25) is 0 Å². The molecule has 4 heteroatoms. The van der Waals surface area contributed by atoms with Crippen molar-refractivity contribution in [1.82, 2.24) is 0 Å². The standard InChI is InChI=1S/C15H19NO3/c1-9-4-3-5-10-13(15(17)18)11-8-19-7-6-12(11)16(2)14(9)10/h3-5,11-13H,6-8H2,1-2H3,(H,17,18). The van der Waals surface area contributed by atoms with E-state index in [1.807, 2.05) is 25.1 Å². The van der Waals surface area contributed by atoms with Crippen molar-refractivity contribution in [3.8, 4) is 0 Å². The van der Waals surface area contributed by atoms with Crippen LogP contribution < -0.4 is 4.90 Å². The van der Waals surface area contributed by atoms with Crippen LogP contribution in [-0.4, -0.2) is 37.4 Å². The summed E-state index contributed by atoms with van der Waals surface area (Å²) in [7, 11) is 2.08. The zero-order valence-corrected chi connectivity index (χ0v) is 11.3. The lowest BCUT2D eigenvalue weighted by molar-refractivity contribution is -0.142. The smallest absolute Gasteiger partial charge is 0.311 e. The lowest BCUT2D eigenvalue weighted by atomic mass is 9.74. The Labute approximate surface area is 113 Å². The van der Waals surface area contributed by atoms with Gasteiger partial charge in [0.05, 0.1) is 12.5 Å². The van der Waals surface area contributed by atoms with Gasteiger partial charge in [0.25, 0.3) is 0 Å². The average Bonchev–Trinajstić information content (AvgIpc) is 2.38. The second kappa shape index (κ2) is 4.53. The molecule has 1 aromatic carbocycles. The molecule has 0 aromatic heterocycles. The first-order valence-corrected chi connectivity index (χ1v) is 6.74. The van der Waals surface area contributed by atoms with Crippen LogP contribution in [0.25, 0.3) is 0 Å². The van der Waals surface area contributed by atoms with Gasteiger partial charge < -0.3 is 14.7 Å². The summed E-state index contributed by atoms with van der Waals surface area (Å²) in [6.45, 7) is 3.31. The highest BCUT2D eigenvalue weighted by Gasteiger charge is 2.45. The third-order valence-corrected chi connectivity index (χ3v) is 4.51. The van der Waals surface area contributed by atoms with Crippen molar-refractivity contribution in [2.24, 2.45) is 5.92 Å². The van der Waals surface area contributed by atoms with Crippen molar-refractivity contribution in [2.45, 2.75) is 25.3 Å². The van der Waals surface area contributed by atoms with Crippen LogP contribution >= 0.6 is 0 Å². The molecule has 2 aliphatic heterocycles. The van der Waals surface area contributed by atoms with Crippen LogP contribution in [0, 0.1) is 12.8 Å². The zero-order chi connectivity index (χ0) is 13.6. The van der Waals surface area contributed by atoms with Crippen molar-refractivity contribution in [3.63, 3.8) is 0 Å². The molecule has 102 valence electrons. The Morgan fingerprint density at radius 1 is 1.47 bits per heavy atom. The molecule has 3 rings (SSSR count). The summed E-state index contributed by atoms with van der Waals surface area (Å²) in [6.07, 6.45) is 0.902. The number of aliphatic carboxylic acids is 1. The first-order valence-electron chi connectivity index (χ1n) is 6.74. The van der Waals surface area contributed by atoms with Crippen LogP contribution in [0.5, 0.6) is 0 Å². The third kappa shape index (κ3) is 1.82. The van der Waals surface area contributed by atoms with E-state index in [0.717, 1.165) is 29.8 Å². The lowest BCUT2D eigenvalue weighted by Crippen LogP contribution is -2.51. The van der Waals surface area contributed by atoms with Crippen molar-refractivity contribution in [1.29, 1.82) is 0 Å². The van der Waals surface area contributed by atoms with E-state index in [-0.39, 0.29) is 12.0 Å². The normalized spacial score (nSPS) is 29.6. The SMILES string of the molecule is Cc1cccc2c1N(C)C1CCOCC1C2C(=O)O. The fourth-order valence-electron chi connectivity index (χ4n) is 3.67. The number of benzene rings is 1. The topological polar surface area (TPSA) is 49.8 Å². The maximum atomic E-state index is 11.7. The van der Waals surface area contributed by atoms with Gasteiger partial charge in [0, 0.05) is 31.3 Å². The molecule has 0 amide bonds. The van der Waals surface area contributed by atoms with Gasteiger partial charge in [-0.2, -0.15) is 0 Å². The number of hydrogen-bond acceptors (Lipinski definition) is 3. The van der Waals surface area contributed by atoms with Crippen molar-refractivity contribution in [2.75, 3.05) is 25.2 Å². The Kier molecular flexibility index (Phi) is 2.97. The summed E-state index contributed by atoms with van der Waals surface area (Å²) in [5, 5.41) is 9.63. The van der Waals surface area contributed by atoms with Gasteiger partial charge in [-0.15, -0.1) is 0 Å². The molecular formula is C15H19NO3. The van der Waals surface area contributed by atoms with Crippen molar-refractivity contribution in [3.05, 3.63) is 29.3 Å². The Bertz CT molecular complexity index is 514. The summed E-state index contributed by atoms with van der Waals surface area (Å²) < 4.78 is 5.52. The molecule has 3 unspecified atom stereocenters. The molecular weight excluding hydrogens is 242 g/mol. The molecule has 0 bridgehead atoms. The molecule has 2 aliphatic rings. The van der Waals surface area contributed by atoms with Crippen LogP contribution in [0.3, 0.4) is 0 Å². The van der Waals surface area contributed by atoms with E-state index in [0.29, 0.717) is 6.61 Å². The first-order chi connectivity index (χ1) is 9.11. The molecule has 19 heavy (non-hydrogen) atoms. The summed E-state index contributed by atoms with van der Waals surface area (Å²) in [5.74, 6) is -1.14. The molecule has 0 saturated carbocycles. The molecule has 1 N–H and O–H groups in total. The minimum Gasteiger partial charge on any atom is -0.481 e. The number of para-hydroxylation sites is 1. The van der Waals surface area contributed by atoms with Gasteiger partial charge in [-0.25, -0.2) is 0 Å². The number of anilines is 1. The summed E-state index contributed by atoms with van der Waals surface area (Å²) >= 11 is 0. The lowest BCUT2D eigenvalue weighted by Gasteiger charge is -2.47. The van der Waals surface area contributed by atoms with E-state index in [4.69, 9.17) is 4.74 Å². The maximum Gasteiger partial charge on any atom is 0.311 e. The molecule has 1 fully saturated rings. The van der Waals surface area contributed by atoms with Gasteiger partial charge in [0.1, 0.15) is 0 Å². The Hall–Kier alpha value is -1.55. The van der Waals surface area contributed by atoms with Crippen LogP contribution in [0.15, 0.2) is 18.2 Å². The first kappa shape index (κ1) is 12.5. The van der Waals surface area contributed by atoms with Crippen LogP contribution in [-0.2, 0) is 9.53 Å². The fraction of sp³-hybridized carbons (Fsp3) is 0.533. The molecule has 0 aliphatic carbocycles. The van der Waals surface area contributed by atoms with Gasteiger partial charge in [-0.05, 0) is 24.5 Å². The van der Waals surface area contributed by atoms with E-state index in [9.17, 15) is 9.90 Å². The van der Waals surface area contributed by atoms with Gasteiger partial charge in [-0.1, -0.05) is 18.2 Å². The molecule has 1 aromatic rings. The zero-order valence-electron chi connectivity index (χ0n) is 11.3. The van der Waals surface area contributed by atoms with Gasteiger partial charge in [-0.3, -0.25) is 4.79 Å². The summed E-state index contributed by atoms with van der Waals surface area (Å²) in [5.41, 5.74) is 3.18. The second-order valence-corrected chi connectivity index (χ2v) is 5.53. The Morgan fingerprint density at radius 3 is 3.00 bits per heavy atom. The minimum atomic E-state index is -0.736. The number of hydrogen-bond donors (Lipinski definition) is 1. The van der Waals surface area contributed by atoms with Crippen LogP contribution in [0.1, 0.15) is 23.5 Å². The predicted molar refractivity (Wildman–Crippen MR) is 72.7 cm³/mol. The average molecular weight is 261 g/mol. The number of fused-ring (bicyclic) bond motifs is 2. The Balaban J connectivity index is 2.16. The number of ether oxygens (including phenoxy) is 1. The van der Waals surface area contributed by atoms with E-state index in [2.05, 4.69) is 11.9 Å². The van der Waals surface area contributed by atoms with Crippen molar-refractivity contribution < 1.29 is 14.6 Å². The number of carboxylic acids is 1. The van der Waals surface area contributed by atoms with Crippen molar-refractivity contribution >= 4 is 11.7 Å². The maximum absolute atomic E-state index is 11.7. The van der Waals surface area contributed by atoms with Crippen LogP contribution in [0.4, 0.5) is 5.69 Å². The van der Waals surface area contributed by atoms with Gasteiger partial charge >= 0.3 is 5.97 Å². The number of nitrogens with zero attached hydrogens (tertiary/aromatic N) is 1. The number of carbonyl (C=O) groups is 1. The number of aryl methyl sites for hydroxylation is 1. The largest absolute Gasteiger partial charge is 0.481 e. The fourth-order valence-corrected chi connectivity index (χ4v) is 3.67. The number of carboxylic acid groups (broad SMARTS) is 1. The van der Waals surface area contributed by atoms with Gasteiger partial charge in [0.2, 0.25) is 0 Å². The highest BCUT2D eigenvalue weighted by molar-refractivity contribution is 5.82. The highest BCUT2D eigenvalue weighted by atomic mass is 16.5. The minimum absolute atomic E-state index is 0.0468. The summed E-state index contributed by atoms with van der Waals surface area (Å²) in [4.78, 5) is 14.0. The quantitative estimate of drug-likeness (QED) is 0.840. The second-order valence-electron chi connectivity index (χ2n) is 5.53. The van der Waals surface area contributed by atoms with E-state index in [1.54, 1.807) is 0 Å². The highest BCUT2D eigenvalue weighted by Crippen LogP contribution is 2.45. The molecule has 1 saturated heterocycles. The molecule has 4 nitrogen and oxygen atoms in total. The monoisotopic (exact) mass is 261 g/mol. The Morgan fingerprint density at radius 2 is 2.26 bits per heavy atom. The number of rotatable bonds is 1. The van der Waals surface area contributed by atoms with Gasteiger partial charge in [0.15, 0.2) is 0 Å². The molecule has 3 atom stereocenters. The summed E-state index contributed by atoms with van der Waals surface area (Å²) in [6, 6.07) is 6.21. The third-order valence-electron chi connectivity index (χ3n) is 4.51. The molecule has 0 spiro atoms. The van der Waals surface area contributed by atoms with E-state index < -0.39 is 11.9 Å².